The Balaban J connectivity index is 2.47. The van der Waals surface area contributed by atoms with Crippen LogP contribution in [0.4, 0.5) is 4.79 Å². The lowest BCUT2D eigenvalue weighted by molar-refractivity contribution is -0.140. The van der Waals surface area contributed by atoms with Gasteiger partial charge in [-0.2, -0.15) is 0 Å². The average molecular weight is 284 g/mol. The molecule has 1 fully saturated rings. The van der Waals surface area contributed by atoms with Gasteiger partial charge in [0.25, 0.3) is 0 Å². The lowest BCUT2D eigenvalue weighted by atomic mass is 9.63. The fourth-order valence-electron chi connectivity index (χ4n) is 3.52. The first-order valence-corrected chi connectivity index (χ1v) is 7.28. The van der Waals surface area contributed by atoms with Gasteiger partial charge in [0.2, 0.25) is 0 Å². The fraction of sp³-hybridized carbons (Fsp3) is 0.867. The van der Waals surface area contributed by atoms with E-state index in [0.29, 0.717) is 0 Å². The predicted octanol–water partition coefficient (Wildman–Crippen LogP) is 2.61. The summed E-state index contributed by atoms with van der Waals surface area (Å²) in [5.41, 5.74) is 0.433. The van der Waals surface area contributed by atoms with Crippen LogP contribution in [0.3, 0.4) is 0 Å². The lowest BCUT2D eigenvalue weighted by Gasteiger charge is -2.45. The summed E-state index contributed by atoms with van der Waals surface area (Å²) >= 11 is 0. The molecule has 0 aliphatic heterocycles. The van der Waals surface area contributed by atoms with Crippen molar-refractivity contribution < 1.29 is 14.7 Å². The Hall–Kier alpha value is -1.26. The van der Waals surface area contributed by atoms with E-state index < -0.39 is 11.9 Å². The van der Waals surface area contributed by atoms with E-state index in [4.69, 9.17) is 5.11 Å². The minimum absolute atomic E-state index is 0.147. The highest BCUT2D eigenvalue weighted by Crippen LogP contribution is 2.45. The standard InChI is InChI=1S/C15H28N2O3/c1-10(12(18)19)8-16-13(20)17-11-6-14(2,3)9-15(4,5)7-11/h10-11H,6-9H2,1-5H3,(H,18,19)(H2,16,17,20). The van der Waals surface area contributed by atoms with E-state index in [1.165, 1.54) is 0 Å². The molecule has 1 aliphatic rings. The Morgan fingerprint density at radius 2 is 1.70 bits per heavy atom. The maximum Gasteiger partial charge on any atom is 0.315 e. The highest BCUT2D eigenvalue weighted by atomic mass is 16.4. The lowest BCUT2D eigenvalue weighted by Crippen LogP contribution is -2.49. The third-order valence-corrected chi connectivity index (χ3v) is 3.88. The van der Waals surface area contributed by atoms with Gasteiger partial charge in [0, 0.05) is 12.6 Å². The van der Waals surface area contributed by atoms with Crippen LogP contribution in [-0.4, -0.2) is 29.7 Å². The Morgan fingerprint density at radius 1 is 1.20 bits per heavy atom. The first-order chi connectivity index (χ1) is 9.01. The number of carboxylic acids is 1. The van der Waals surface area contributed by atoms with Crippen LogP contribution < -0.4 is 10.6 Å². The zero-order chi connectivity index (χ0) is 15.6. The summed E-state index contributed by atoms with van der Waals surface area (Å²) in [5.74, 6) is -1.47. The highest BCUT2D eigenvalue weighted by molar-refractivity contribution is 5.76. The summed E-state index contributed by atoms with van der Waals surface area (Å²) in [6.07, 6.45) is 3.06. The van der Waals surface area contributed by atoms with Crippen LogP contribution in [-0.2, 0) is 4.79 Å². The van der Waals surface area contributed by atoms with Crippen molar-refractivity contribution in [1.82, 2.24) is 10.6 Å². The summed E-state index contributed by atoms with van der Waals surface area (Å²) in [6, 6.07) is -0.120. The molecule has 0 spiro atoms. The van der Waals surface area contributed by atoms with E-state index >= 15 is 0 Å². The maximum absolute atomic E-state index is 11.8. The van der Waals surface area contributed by atoms with Gasteiger partial charge < -0.3 is 15.7 Å². The van der Waals surface area contributed by atoms with Crippen LogP contribution >= 0.6 is 0 Å². The van der Waals surface area contributed by atoms with Gasteiger partial charge in [-0.1, -0.05) is 34.6 Å². The second-order valence-corrected chi connectivity index (χ2v) is 7.70. The van der Waals surface area contributed by atoms with E-state index in [1.807, 2.05) is 0 Å². The minimum atomic E-state index is -0.898. The van der Waals surface area contributed by atoms with Crippen LogP contribution in [0.2, 0.25) is 0 Å². The molecule has 3 N–H and O–H groups in total. The topological polar surface area (TPSA) is 78.4 Å². The first kappa shape index (κ1) is 16.8. The highest BCUT2D eigenvalue weighted by Gasteiger charge is 2.38. The van der Waals surface area contributed by atoms with Crippen molar-refractivity contribution in [3.8, 4) is 0 Å². The van der Waals surface area contributed by atoms with Crippen LogP contribution in [0, 0.1) is 16.7 Å². The number of aliphatic carboxylic acids is 1. The molecule has 116 valence electrons. The Kier molecular flexibility index (Phi) is 5.05. The van der Waals surface area contributed by atoms with E-state index in [1.54, 1.807) is 6.92 Å². The third kappa shape index (κ3) is 5.39. The van der Waals surface area contributed by atoms with E-state index in [0.717, 1.165) is 19.3 Å². The zero-order valence-corrected chi connectivity index (χ0v) is 13.2. The molecule has 0 bridgehead atoms. The molecule has 1 saturated carbocycles. The molecule has 0 radical (unpaired) electrons. The summed E-state index contributed by atoms with van der Waals surface area (Å²) in [5, 5.41) is 14.4. The van der Waals surface area contributed by atoms with Crippen LogP contribution in [0.25, 0.3) is 0 Å². The van der Waals surface area contributed by atoms with Gasteiger partial charge in [0.15, 0.2) is 0 Å². The summed E-state index contributed by atoms with van der Waals surface area (Å²) < 4.78 is 0. The van der Waals surface area contributed by atoms with Crippen molar-refractivity contribution >= 4 is 12.0 Å². The normalized spacial score (nSPS) is 22.9. The number of amides is 2. The molecule has 5 nitrogen and oxygen atoms in total. The largest absolute Gasteiger partial charge is 0.481 e. The molecule has 1 aliphatic carbocycles. The van der Waals surface area contributed by atoms with Crippen molar-refractivity contribution in [2.24, 2.45) is 16.7 Å². The number of hydrogen-bond acceptors (Lipinski definition) is 2. The van der Waals surface area contributed by atoms with Crippen LogP contribution in [0.5, 0.6) is 0 Å². The second kappa shape index (κ2) is 6.02. The average Bonchev–Trinajstić information content (AvgIpc) is 2.20. The monoisotopic (exact) mass is 284 g/mol. The molecule has 1 unspecified atom stereocenters. The quantitative estimate of drug-likeness (QED) is 0.742. The smallest absolute Gasteiger partial charge is 0.315 e. The van der Waals surface area contributed by atoms with Crippen molar-refractivity contribution in [2.75, 3.05) is 6.54 Å². The second-order valence-electron chi connectivity index (χ2n) is 7.70. The molecule has 0 aromatic rings. The first-order valence-electron chi connectivity index (χ1n) is 7.28. The number of hydrogen-bond donors (Lipinski definition) is 3. The number of urea groups is 1. The Morgan fingerprint density at radius 3 is 2.15 bits per heavy atom. The molecule has 0 aromatic heterocycles. The van der Waals surface area contributed by atoms with Gasteiger partial charge in [0.1, 0.15) is 0 Å². The van der Waals surface area contributed by atoms with Crippen molar-refractivity contribution in [1.29, 1.82) is 0 Å². The molecule has 20 heavy (non-hydrogen) atoms. The fourth-order valence-corrected chi connectivity index (χ4v) is 3.52. The van der Waals surface area contributed by atoms with E-state index in [-0.39, 0.29) is 29.4 Å². The predicted molar refractivity (Wildman–Crippen MR) is 78.5 cm³/mol. The van der Waals surface area contributed by atoms with Gasteiger partial charge in [-0.3, -0.25) is 4.79 Å². The SMILES string of the molecule is CC(CNC(=O)NC1CC(C)(C)CC(C)(C)C1)C(=O)O. The third-order valence-electron chi connectivity index (χ3n) is 3.88. The van der Waals surface area contributed by atoms with Gasteiger partial charge in [-0.05, 0) is 30.1 Å². The molecule has 1 rings (SSSR count). The molecule has 0 aromatic carbocycles. The number of carboxylic acid groups (broad SMARTS) is 1. The van der Waals surface area contributed by atoms with Gasteiger partial charge >= 0.3 is 12.0 Å². The van der Waals surface area contributed by atoms with Crippen molar-refractivity contribution in [3.05, 3.63) is 0 Å². The van der Waals surface area contributed by atoms with Gasteiger partial charge in [0.05, 0.1) is 5.92 Å². The van der Waals surface area contributed by atoms with E-state index in [9.17, 15) is 9.59 Å². The number of carbonyl (C=O) groups excluding carboxylic acids is 1. The zero-order valence-electron chi connectivity index (χ0n) is 13.2. The summed E-state index contributed by atoms with van der Waals surface area (Å²) in [4.78, 5) is 22.5. The Bertz CT molecular complexity index is 361. The molecule has 2 amide bonds. The number of carbonyl (C=O) groups is 2. The summed E-state index contributed by atoms with van der Waals surface area (Å²) in [6.45, 7) is 10.6. The van der Waals surface area contributed by atoms with Crippen molar-refractivity contribution in [2.45, 2.75) is 59.9 Å². The molecule has 0 heterocycles. The van der Waals surface area contributed by atoms with E-state index in [2.05, 4.69) is 38.3 Å². The van der Waals surface area contributed by atoms with Crippen LogP contribution in [0.15, 0.2) is 0 Å². The maximum atomic E-state index is 11.8. The number of nitrogens with one attached hydrogen (secondary N) is 2. The van der Waals surface area contributed by atoms with Gasteiger partial charge in [-0.25, -0.2) is 4.79 Å². The molecular formula is C15H28N2O3. The molecular weight excluding hydrogens is 256 g/mol. The minimum Gasteiger partial charge on any atom is -0.481 e. The molecule has 1 atom stereocenters. The van der Waals surface area contributed by atoms with Crippen LogP contribution in [0.1, 0.15) is 53.9 Å². The van der Waals surface area contributed by atoms with Crippen molar-refractivity contribution in [3.63, 3.8) is 0 Å². The van der Waals surface area contributed by atoms with Gasteiger partial charge in [-0.15, -0.1) is 0 Å². The number of rotatable bonds is 4. The summed E-state index contributed by atoms with van der Waals surface area (Å²) in [7, 11) is 0. The Labute approximate surface area is 121 Å². The molecule has 5 heteroatoms. The molecule has 0 saturated heterocycles.